The lowest BCUT2D eigenvalue weighted by Crippen LogP contribution is -2.21. The second-order valence-corrected chi connectivity index (χ2v) is 8.19. The number of fused-ring (bicyclic) bond motifs is 1. The van der Waals surface area contributed by atoms with Crippen molar-refractivity contribution in [2.24, 2.45) is 5.73 Å². The zero-order valence-electron chi connectivity index (χ0n) is 19.7. The standard InChI is InChI=1S/C26H20ClN3O7/c1-3-35-21-9-4-14(10-23(21)34-2)24-17-7-6-16(12-22(17)37-25(29)19(24)13-28)36-26(31)18-11-15(30(32)33)5-8-20(18)27/h4-12,24H,3,29H2,1-2H3. The SMILES string of the molecule is CCOc1ccc(C2C(C#N)=C(N)Oc3cc(OC(=O)c4cc([N+](=O)[O-])ccc4Cl)ccc32)cc1OC. The Bertz CT molecular complexity index is 1480. The van der Waals surface area contributed by atoms with Gasteiger partial charge in [0.15, 0.2) is 11.5 Å². The minimum atomic E-state index is -0.890. The molecule has 3 aromatic rings. The Kier molecular flexibility index (Phi) is 7.18. The number of hydrogen-bond acceptors (Lipinski definition) is 9. The summed E-state index contributed by atoms with van der Waals surface area (Å²) in [6.45, 7) is 2.31. The van der Waals surface area contributed by atoms with E-state index in [1.165, 1.54) is 31.4 Å². The minimum absolute atomic E-state index is 0.000149. The summed E-state index contributed by atoms with van der Waals surface area (Å²) >= 11 is 6.05. The smallest absolute Gasteiger partial charge is 0.345 e. The van der Waals surface area contributed by atoms with Crippen molar-refractivity contribution < 1.29 is 28.7 Å². The first-order chi connectivity index (χ1) is 17.8. The maximum Gasteiger partial charge on any atom is 0.345 e. The molecule has 3 aromatic carbocycles. The molecule has 0 aromatic heterocycles. The van der Waals surface area contributed by atoms with E-state index in [0.29, 0.717) is 29.2 Å². The molecule has 1 aliphatic heterocycles. The quantitative estimate of drug-likeness (QED) is 0.194. The lowest BCUT2D eigenvalue weighted by molar-refractivity contribution is -0.384. The number of benzene rings is 3. The van der Waals surface area contributed by atoms with Crippen molar-refractivity contribution in [2.75, 3.05) is 13.7 Å². The van der Waals surface area contributed by atoms with Gasteiger partial charge in [-0.3, -0.25) is 10.1 Å². The first-order valence-corrected chi connectivity index (χ1v) is 11.3. The van der Waals surface area contributed by atoms with Gasteiger partial charge in [0, 0.05) is 23.8 Å². The van der Waals surface area contributed by atoms with E-state index in [1.54, 1.807) is 24.3 Å². The van der Waals surface area contributed by atoms with Crippen LogP contribution in [-0.4, -0.2) is 24.6 Å². The third kappa shape index (κ3) is 4.98. The number of allylic oxidation sites excluding steroid dienone is 1. The van der Waals surface area contributed by atoms with Crippen LogP contribution in [0.2, 0.25) is 5.02 Å². The monoisotopic (exact) mass is 521 g/mol. The van der Waals surface area contributed by atoms with Gasteiger partial charge in [0.05, 0.1) is 35.1 Å². The molecule has 4 rings (SSSR count). The van der Waals surface area contributed by atoms with E-state index in [4.69, 9.17) is 36.3 Å². The molecule has 0 saturated heterocycles. The number of nitriles is 1. The predicted octanol–water partition coefficient (Wildman–Crippen LogP) is 5.09. The van der Waals surface area contributed by atoms with E-state index in [1.807, 2.05) is 6.92 Å². The molecule has 0 spiro atoms. The van der Waals surface area contributed by atoms with Crippen LogP contribution in [0.15, 0.2) is 66.1 Å². The van der Waals surface area contributed by atoms with Crippen molar-refractivity contribution >= 4 is 23.3 Å². The molecule has 37 heavy (non-hydrogen) atoms. The van der Waals surface area contributed by atoms with Crippen molar-refractivity contribution in [1.29, 1.82) is 5.26 Å². The molecule has 0 saturated carbocycles. The Hall–Kier alpha value is -4.75. The molecule has 188 valence electrons. The molecule has 0 radical (unpaired) electrons. The van der Waals surface area contributed by atoms with E-state index in [2.05, 4.69) is 6.07 Å². The van der Waals surface area contributed by atoms with Gasteiger partial charge in [-0.05, 0) is 36.8 Å². The number of methoxy groups -OCH3 is 1. The van der Waals surface area contributed by atoms with Crippen LogP contribution in [0.5, 0.6) is 23.0 Å². The molecule has 1 aliphatic rings. The number of nitro groups is 1. The second kappa shape index (κ2) is 10.5. The zero-order valence-corrected chi connectivity index (χ0v) is 20.4. The Labute approximate surface area is 216 Å². The summed E-state index contributed by atoms with van der Waals surface area (Å²) in [6.07, 6.45) is 0. The summed E-state index contributed by atoms with van der Waals surface area (Å²) in [7, 11) is 1.52. The number of rotatable bonds is 7. The van der Waals surface area contributed by atoms with E-state index in [9.17, 15) is 20.2 Å². The highest BCUT2D eigenvalue weighted by Gasteiger charge is 2.32. The van der Waals surface area contributed by atoms with Gasteiger partial charge in [-0.2, -0.15) is 5.26 Å². The topological polar surface area (TPSA) is 147 Å². The third-order valence-electron chi connectivity index (χ3n) is 5.60. The number of hydrogen-bond donors (Lipinski definition) is 1. The van der Waals surface area contributed by atoms with Crippen LogP contribution in [0.1, 0.15) is 34.3 Å². The van der Waals surface area contributed by atoms with Gasteiger partial charge in [-0.1, -0.05) is 23.7 Å². The van der Waals surface area contributed by atoms with Crippen molar-refractivity contribution in [1.82, 2.24) is 0 Å². The number of nitrogens with zero attached hydrogens (tertiary/aromatic N) is 2. The normalized spacial score (nSPS) is 14.2. The van der Waals surface area contributed by atoms with E-state index >= 15 is 0 Å². The average molecular weight is 522 g/mol. The summed E-state index contributed by atoms with van der Waals surface area (Å²) in [5.74, 6) is -0.181. The highest BCUT2D eigenvalue weighted by atomic mass is 35.5. The molecular weight excluding hydrogens is 502 g/mol. The average Bonchev–Trinajstić information content (AvgIpc) is 2.88. The van der Waals surface area contributed by atoms with Crippen LogP contribution in [0, 0.1) is 21.4 Å². The fourth-order valence-electron chi connectivity index (χ4n) is 3.93. The van der Waals surface area contributed by atoms with Crippen molar-refractivity contribution in [3.8, 4) is 29.1 Å². The molecule has 1 atom stereocenters. The van der Waals surface area contributed by atoms with Gasteiger partial charge >= 0.3 is 5.97 Å². The maximum absolute atomic E-state index is 12.7. The largest absolute Gasteiger partial charge is 0.493 e. The number of non-ortho nitro benzene ring substituents is 1. The number of nitro benzene ring substituents is 1. The Morgan fingerprint density at radius 3 is 2.65 bits per heavy atom. The molecule has 0 bridgehead atoms. The highest BCUT2D eigenvalue weighted by Crippen LogP contribution is 2.45. The van der Waals surface area contributed by atoms with Gasteiger partial charge in [-0.15, -0.1) is 0 Å². The number of carbonyl (C=O) groups excluding carboxylic acids is 1. The zero-order chi connectivity index (χ0) is 26.7. The summed E-state index contributed by atoms with van der Waals surface area (Å²) in [5.41, 5.74) is 7.11. The molecule has 0 amide bonds. The van der Waals surface area contributed by atoms with Crippen molar-refractivity contribution in [3.63, 3.8) is 0 Å². The van der Waals surface area contributed by atoms with Gasteiger partial charge < -0.3 is 24.7 Å². The Morgan fingerprint density at radius 2 is 1.97 bits per heavy atom. The minimum Gasteiger partial charge on any atom is -0.493 e. The number of esters is 1. The Balaban J connectivity index is 1.70. The number of nitrogens with two attached hydrogens (primary N) is 1. The van der Waals surface area contributed by atoms with Crippen LogP contribution in [0.25, 0.3) is 0 Å². The first kappa shape index (κ1) is 25.3. The molecular formula is C26H20ClN3O7. The number of ether oxygens (including phenoxy) is 4. The lowest BCUT2D eigenvalue weighted by Gasteiger charge is -2.27. The van der Waals surface area contributed by atoms with Crippen molar-refractivity contribution in [2.45, 2.75) is 12.8 Å². The van der Waals surface area contributed by atoms with Crippen LogP contribution in [0.3, 0.4) is 0 Å². The summed E-state index contributed by atoms with van der Waals surface area (Å²) < 4.78 is 22.1. The van der Waals surface area contributed by atoms with Crippen LogP contribution in [-0.2, 0) is 0 Å². The fourth-order valence-corrected chi connectivity index (χ4v) is 4.12. The number of halogens is 1. The van der Waals surface area contributed by atoms with Crippen LogP contribution in [0.4, 0.5) is 5.69 Å². The summed E-state index contributed by atoms with van der Waals surface area (Å²) in [6, 6.07) is 15.5. The lowest BCUT2D eigenvalue weighted by atomic mass is 9.83. The maximum atomic E-state index is 12.7. The third-order valence-corrected chi connectivity index (χ3v) is 5.93. The second-order valence-electron chi connectivity index (χ2n) is 7.78. The molecule has 10 nitrogen and oxygen atoms in total. The van der Waals surface area contributed by atoms with Crippen LogP contribution < -0.4 is 24.7 Å². The number of carbonyl (C=O) groups is 1. The summed E-state index contributed by atoms with van der Waals surface area (Å²) in [4.78, 5) is 23.1. The molecule has 1 unspecified atom stereocenters. The van der Waals surface area contributed by atoms with Crippen LogP contribution >= 0.6 is 11.6 Å². The van der Waals surface area contributed by atoms with Gasteiger partial charge in [-0.25, -0.2) is 4.79 Å². The van der Waals surface area contributed by atoms with Crippen molar-refractivity contribution in [3.05, 3.63) is 97.9 Å². The molecule has 0 aliphatic carbocycles. The fraction of sp³-hybridized carbons (Fsp3) is 0.154. The van der Waals surface area contributed by atoms with Gasteiger partial charge in [0.1, 0.15) is 23.1 Å². The van der Waals surface area contributed by atoms with E-state index < -0.39 is 16.8 Å². The van der Waals surface area contributed by atoms with Gasteiger partial charge in [0.2, 0.25) is 5.88 Å². The van der Waals surface area contributed by atoms with E-state index in [-0.39, 0.29) is 39.2 Å². The van der Waals surface area contributed by atoms with Gasteiger partial charge in [0.25, 0.3) is 5.69 Å². The summed E-state index contributed by atoms with van der Waals surface area (Å²) in [5, 5.41) is 20.9. The molecule has 1 heterocycles. The molecule has 11 heteroatoms. The predicted molar refractivity (Wildman–Crippen MR) is 133 cm³/mol. The Morgan fingerprint density at radius 1 is 1.19 bits per heavy atom. The first-order valence-electron chi connectivity index (χ1n) is 11.0. The molecule has 0 fully saturated rings. The van der Waals surface area contributed by atoms with E-state index in [0.717, 1.165) is 6.07 Å². The molecule has 2 N–H and O–H groups in total. The highest BCUT2D eigenvalue weighted by molar-refractivity contribution is 6.33.